The Kier molecular flexibility index (Phi) is 6.73. The Morgan fingerprint density at radius 3 is 1.42 bits per heavy atom. The Balaban J connectivity index is 1.84. The van der Waals surface area contributed by atoms with Gasteiger partial charge in [0, 0.05) is 0 Å². The molecule has 0 spiro atoms. The molecule has 3 saturated carbocycles. The van der Waals surface area contributed by atoms with Crippen molar-refractivity contribution in [2.24, 2.45) is 47.3 Å². The van der Waals surface area contributed by atoms with E-state index in [1.807, 2.05) is 0 Å². The van der Waals surface area contributed by atoms with Crippen LogP contribution in [0.2, 0.25) is 0 Å². The van der Waals surface area contributed by atoms with Crippen LogP contribution in [-0.2, 0) is 0 Å². The molecule has 0 bridgehead atoms. The van der Waals surface area contributed by atoms with E-state index in [0.717, 1.165) is 51.4 Å². The van der Waals surface area contributed by atoms with Crippen LogP contribution in [0.4, 0.5) is 0 Å². The predicted octanol–water partition coefficient (Wildman–Crippen LogP) is 4.24. The average molecular weight is 367 g/mol. The summed E-state index contributed by atoms with van der Waals surface area (Å²) in [5, 5.41) is 30.8. The first-order chi connectivity index (χ1) is 12.3. The van der Waals surface area contributed by atoms with Crippen LogP contribution in [-0.4, -0.2) is 33.6 Å². The molecule has 8 unspecified atom stereocenters. The smallest absolute Gasteiger partial charge is 0.0568 e. The molecule has 3 heteroatoms. The van der Waals surface area contributed by atoms with E-state index in [0.29, 0.717) is 47.3 Å². The first-order valence-corrected chi connectivity index (χ1v) is 11.3. The molecule has 0 aliphatic heterocycles. The van der Waals surface area contributed by atoms with E-state index >= 15 is 0 Å². The van der Waals surface area contributed by atoms with E-state index in [-0.39, 0.29) is 18.3 Å². The van der Waals surface area contributed by atoms with Gasteiger partial charge in [-0.05, 0) is 98.7 Å². The summed E-state index contributed by atoms with van der Waals surface area (Å²) in [6.07, 6.45) is 8.03. The summed E-state index contributed by atoms with van der Waals surface area (Å²) in [6.45, 7) is 9.16. The maximum absolute atomic E-state index is 10.4. The van der Waals surface area contributed by atoms with Gasteiger partial charge in [0.05, 0.1) is 18.3 Å². The molecule has 0 aromatic heterocycles. The molecule has 0 aromatic carbocycles. The largest absolute Gasteiger partial charge is 0.393 e. The molecule has 3 rings (SSSR count). The minimum atomic E-state index is -0.139. The Morgan fingerprint density at radius 1 is 0.577 bits per heavy atom. The quantitative estimate of drug-likeness (QED) is 0.700. The van der Waals surface area contributed by atoms with Gasteiger partial charge >= 0.3 is 0 Å². The van der Waals surface area contributed by atoms with Crippen LogP contribution in [0.5, 0.6) is 0 Å². The molecular formula is C23H42O3. The summed E-state index contributed by atoms with van der Waals surface area (Å²) < 4.78 is 0. The van der Waals surface area contributed by atoms with E-state index in [1.54, 1.807) is 0 Å². The molecule has 3 N–H and O–H groups in total. The van der Waals surface area contributed by atoms with E-state index in [2.05, 4.69) is 27.7 Å². The fourth-order valence-corrected chi connectivity index (χ4v) is 6.79. The van der Waals surface area contributed by atoms with Crippen molar-refractivity contribution in [3.05, 3.63) is 0 Å². The van der Waals surface area contributed by atoms with Crippen LogP contribution >= 0.6 is 0 Å². The van der Waals surface area contributed by atoms with Crippen molar-refractivity contribution in [2.45, 2.75) is 97.4 Å². The third-order valence-corrected chi connectivity index (χ3v) is 8.56. The van der Waals surface area contributed by atoms with Crippen LogP contribution in [0.3, 0.4) is 0 Å². The van der Waals surface area contributed by atoms with Crippen molar-refractivity contribution in [1.82, 2.24) is 0 Å². The van der Waals surface area contributed by atoms with Crippen molar-refractivity contribution in [3.63, 3.8) is 0 Å². The van der Waals surface area contributed by atoms with E-state index < -0.39 is 0 Å². The van der Waals surface area contributed by atoms with E-state index in [9.17, 15) is 15.3 Å². The zero-order valence-corrected chi connectivity index (χ0v) is 17.3. The van der Waals surface area contributed by atoms with Crippen molar-refractivity contribution in [2.75, 3.05) is 0 Å². The predicted molar refractivity (Wildman–Crippen MR) is 106 cm³/mol. The fraction of sp³-hybridized carbons (Fsp3) is 1.00. The molecule has 0 amide bonds. The summed E-state index contributed by atoms with van der Waals surface area (Å²) in [4.78, 5) is 0. The molecule has 3 aliphatic carbocycles. The lowest BCUT2D eigenvalue weighted by Gasteiger charge is -2.51. The molecule has 3 nitrogen and oxygen atoms in total. The van der Waals surface area contributed by atoms with Gasteiger partial charge in [-0.2, -0.15) is 0 Å². The molecule has 0 heterocycles. The van der Waals surface area contributed by atoms with Crippen molar-refractivity contribution < 1.29 is 15.3 Å². The zero-order valence-electron chi connectivity index (χ0n) is 17.3. The second kappa shape index (κ2) is 8.49. The van der Waals surface area contributed by atoms with Crippen LogP contribution in [0.15, 0.2) is 0 Å². The lowest BCUT2D eigenvalue weighted by Crippen LogP contribution is -2.46. The maximum Gasteiger partial charge on any atom is 0.0568 e. The molecule has 26 heavy (non-hydrogen) atoms. The molecule has 0 aromatic rings. The number of hydrogen-bond donors (Lipinski definition) is 3. The highest BCUT2D eigenvalue weighted by atomic mass is 16.3. The molecule has 152 valence electrons. The SMILES string of the molecule is CC1CC(C(C2CCC(O)CC2)C2CC(C)C(O)CC2C)C(C)CC1O. The highest BCUT2D eigenvalue weighted by molar-refractivity contribution is 4.96. The second-order valence-electron chi connectivity index (χ2n) is 10.5. The molecule has 8 atom stereocenters. The van der Waals surface area contributed by atoms with Gasteiger partial charge in [0.15, 0.2) is 0 Å². The van der Waals surface area contributed by atoms with Crippen molar-refractivity contribution >= 4 is 0 Å². The second-order valence-corrected chi connectivity index (χ2v) is 10.5. The minimum Gasteiger partial charge on any atom is -0.393 e. The lowest BCUT2D eigenvalue weighted by atomic mass is 9.55. The molecule has 3 aliphatic rings. The third kappa shape index (κ3) is 4.31. The van der Waals surface area contributed by atoms with Gasteiger partial charge in [-0.15, -0.1) is 0 Å². The van der Waals surface area contributed by atoms with Crippen molar-refractivity contribution in [1.29, 1.82) is 0 Å². The summed E-state index contributed by atoms with van der Waals surface area (Å²) >= 11 is 0. The van der Waals surface area contributed by atoms with Crippen LogP contribution in [0.25, 0.3) is 0 Å². The normalized spacial score (nSPS) is 51.8. The Bertz CT molecular complexity index is 415. The minimum absolute atomic E-state index is 0.0963. The first-order valence-electron chi connectivity index (χ1n) is 11.3. The highest BCUT2D eigenvalue weighted by Crippen LogP contribution is 2.52. The Labute approximate surface area is 160 Å². The Morgan fingerprint density at radius 2 is 1.00 bits per heavy atom. The number of hydrogen-bond acceptors (Lipinski definition) is 3. The van der Waals surface area contributed by atoms with Gasteiger partial charge in [-0.3, -0.25) is 0 Å². The lowest BCUT2D eigenvalue weighted by molar-refractivity contribution is -0.0662. The molecule has 0 saturated heterocycles. The van der Waals surface area contributed by atoms with Gasteiger partial charge in [0.1, 0.15) is 0 Å². The number of rotatable bonds is 3. The number of aliphatic hydroxyl groups is 3. The zero-order chi connectivity index (χ0) is 19.0. The molecule has 3 fully saturated rings. The average Bonchev–Trinajstić information content (AvgIpc) is 2.58. The van der Waals surface area contributed by atoms with Gasteiger partial charge in [-0.1, -0.05) is 27.7 Å². The summed E-state index contributed by atoms with van der Waals surface area (Å²) in [5.41, 5.74) is 0. The fourth-order valence-electron chi connectivity index (χ4n) is 6.79. The standard InChI is InChI=1S/C23H42O3/c1-13-11-21(25)15(3)9-19(13)23(17-5-7-18(24)8-6-17)20-10-16(4)22(26)12-14(20)2/h13-26H,5-12H2,1-4H3. The highest BCUT2D eigenvalue weighted by Gasteiger charge is 2.46. The van der Waals surface area contributed by atoms with E-state index in [1.165, 1.54) is 0 Å². The third-order valence-electron chi connectivity index (χ3n) is 8.56. The van der Waals surface area contributed by atoms with Gasteiger partial charge in [0.2, 0.25) is 0 Å². The van der Waals surface area contributed by atoms with Crippen LogP contribution in [0, 0.1) is 47.3 Å². The molecular weight excluding hydrogens is 324 g/mol. The summed E-state index contributed by atoms with van der Waals surface area (Å²) in [5.74, 6) is 4.72. The van der Waals surface area contributed by atoms with Gasteiger partial charge in [0.25, 0.3) is 0 Å². The van der Waals surface area contributed by atoms with Gasteiger partial charge in [-0.25, -0.2) is 0 Å². The van der Waals surface area contributed by atoms with Crippen LogP contribution < -0.4 is 0 Å². The maximum atomic E-state index is 10.4. The van der Waals surface area contributed by atoms with E-state index in [4.69, 9.17) is 0 Å². The first kappa shape index (κ1) is 20.6. The van der Waals surface area contributed by atoms with Gasteiger partial charge < -0.3 is 15.3 Å². The summed E-state index contributed by atoms with van der Waals surface area (Å²) in [7, 11) is 0. The summed E-state index contributed by atoms with van der Waals surface area (Å²) in [6, 6.07) is 0. The van der Waals surface area contributed by atoms with Crippen molar-refractivity contribution in [3.8, 4) is 0 Å². The monoisotopic (exact) mass is 366 g/mol. The Hall–Kier alpha value is -0.120. The van der Waals surface area contributed by atoms with Crippen LogP contribution in [0.1, 0.15) is 79.1 Å². The topological polar surface area (TPSA) is 60.7 Å². The number of aliphatic hydroxyl groups excluding tert-OH is 3. The molecule has 0 radical (unpaired) electrons.